The van der Waals surface area contributed by atoms with Crippen molar-refractivity contribution in [3.8, 4) is 0 Å². The molecule has 0 aromatic heterocycles. The Hall–Kier alpha value is -1.51. The van der Waals surface area contributed by atoms with Gasteiger partial charge in [0, 0.05) is 103 Å². The molecule has 4 fully saturated rings. The van der Waals surface area contributed by atoms with Crippen molar-refractivity contribution >= 4 is 5.78 Å². The smallest absolute Gasteiger partial charge is 0.172 e. The molecule has 8 heteroatoms. The first-order valence-corrected chi connectivity index (χ1v) is 15.4. The second kappa shape index (κ2) is 11.8. The van der Waals surface area contributed by atoms with Crippen LogP contribution in [0.3, 0.4) is 0 Å². The number of carbonyl (C=O) groups excluding carboxylic acids is 1. The molecule has 4 aliphatic heterocycles. The number of likely N-dealkylation sites (N-methyl/N-ethyl adjacent to an activating group) is 4. The Morgan fingerprint density at radius 2 is 0.976 bits per heavy atom. The van der Waals surface area contributed by atoms with E-state index in [2.05, 4.69) is 132 Å². The summed E-state index contributed by atoms with van der Waals surface area (Å²) in [5, 5.41) is 0. The summed E-state index contributed by atoms with van der Waals surface area (Å²) in [6.45, 7) is 15.1. The molecule has 2 bridgehead atoms. The number of Topliss-reactive ketones (excluding diaryl/α,β-unsaturated/α-hetero) is 1. The van der Waals surface area contributed by atoms with Gasteiger partial charge >= 0.3 is 0 Å². The predicted octanol–water partition coefficient (Wildman–Crippen LogP) is 2.29. The minimum absolute atomic E-state index is 0. The van der Waals surface area contributed by atoms with E-state index in [1.54, 1.807) is 0 Å². The minimum atomic E-state index is -0.734. The van der Waals surface area contributed by atoms with E-state index in [-0.39, 0.29) is 30.6 Å². The number of piperidine rings is 1. The van der Waals surface area contributed by atoms with Crippen molar-refractivity contribution in [2.45, 2.75) is 35.9 Å². The second-order valence-corrected chi connectivity index (χ2v) is 14.4. The van der Waals surface area contributed by atoms with Crippen molar-refractivity contribution in [2.75, 3.05) is 100 Å². The maximum atomic E-state index is 15.5. The molecule has 2 aromatic carbocycles. The zero-order valence-corrected chi connectivity index (χ0v) is 29.8. The number of fused-ring (bicyclic) bond motifs is 2. The Balaban J connectivity index is 0.00000353. The van der Waals surface area contributed by atoms with Gasteiger partial charge < -0.3 is 19.6 Å². The summed E-state index contributed by atoms with van der Waals surface area (Å²) in [4.78, 5) is 30.8. The number of benzene rings is 2. The monoisotopic (exact) mass is 622 g/mol. The zero-order chi connectivity index (χ0) is 29.0. The summed E-state index contributed by atoms with van der Waals surface area (Å²) in [6.07, 6.45) is 0. The van der Waals surface area contributed by atoms with Gasteiger partial charge in [-0.2, -0.15) is 0 Å². The van der Waals surface area contributed by atoms with E-state index in [1.807, 2.05) is 0 Å². The van der Waals surface area contributed by atoms with Gasteiger partial charge in [-0.3, -0.25) is 14.6 Å². The summed E-state index contributed by atoms with van der Waals surface area (Å²) in [5.74, 6) is 0.383. The molecule has 224 valence electrons. The van der Waals surface area contributed by atoms with Crippen LogP contribution in [-0.2, 0) is 35.2 Å². The fourth-order valence-electron chi connectivity index (χ4n) is 8.92. The van der Waals surface area contributed by atoms with Crippen molar-refractivity contribution in [2.24, 2.45) is 0 Å². The fourth-order valence-corrected chi connectivity index (χ4v) is 8.92. The molecule has 2 unspecified atom stereocenters. The maximum Gasteiger partial charge on any atom is 0.172 e. The third kappa shape index (κ3) is 5.25. The zero-order valence-electron chi connectivity index (χ0n) is 26.9. The van der Waals surface area contributed by atoms with E-state index in [0.717, 1.165) is 76.6 Å². The van der Waals surface area contributed by atoms with Crippen LogP contribution in [-0.4, -0.2) is 146 Å². The van der Waals surface area contributed by atoms with Crippen molar-refractivity contribution in [1.82, 2.24) is 29.4 Å². The standard InChI is InChI=1S/C34H50N6O.Zn/c1-31(21-35(3)17-18-36(4)22-31)39-25-33(28-13-9-7-10-14-28)26-40(32(2)23-37(5)19-20-38(6)24-32)34(27-39,30(33)41)29-15-11-8-12-16-29;/h7-16H,17-27H2,1-6H3;. The molecule has 0 spiro atoms. The number of rotatable bonds is 4. The van der Waals surface area contributed by atoms with Crippen LogP contribution in [0.1, 0.15) is 25.0 Å². The van der Waals surface area contributed by atoms with Crippen LogP contribution in [0.15, 0.2) is 60.7 Å². The average Bonchev–Trinajstić information content (AvgIpc) is 3.10. The first kappa shape index (κ1) is 31.9. The second-order valence-electron chi connectivity index (χ2n) is 14.4. The van der Waals surface area contributed by atoms with Crippen LogP contribution >= 0.6 is 0 Å². The third-order valence-electron chi connectivity index (χ3n) is 10.7. The molecule has 0 amide bonds. The fraction of sp³-hybridized carbons (Fsp3) is 0.618. The molecule has 2 aromatic rings. The van der Waals surface area contributed by atoms with Crippen molar-refractivity contribution in [1.29, 1.82) is 0 Å². The molecule has 0 saturated carbocycles. The van der Waals surface area contributed by atoms with E-state index in [1.165, 1.54) is 0 Å². The topological polar surface area (TPSA) is 36.5 Å². The number of carbonyl (C=O) groups is 1. The Kier molecular flexibility index (Phi) is 8.95. The molecular weight excluding hydrogens is 574 g/mol. The quantitative estimate of drug-likeness (QED) is 0.484. The van der Waals surface area contributed by atoms with Gasteiger partial charge in [0.15, 0.2) is 5.78 Å². The first-order chi connectivity index (χ1) is 19.5. The average molecular weight is 624 g/mol. The van der Waals surface area contributed by atoms with E-state index < -0.39 is 11.0 Å². The summed E-state index contributed by atoms with van der Waals surface area (Å²) < 4.78 is 0. The molecule has 4 heterocycles. The molecule has 4 aliphatic rings. The van der Waals surface area contributed by atoms with Gasteiger partial charge in [-0.05, 0) is 53.2 Å². The number of hydrogen-bond acceptors (Lipinski definition) is 7. The number of ketones is 1. The normalized spacial score (nSPS) is 31.8. The van der Waals surface area contributed by atoms with Gasteiger partial charge in [0.1, 0.15) is 5.54 Å². The van der Waals surface area contributed by atoms with Gasteiger partial charge in [-0.1, -0.05) is 60.7 Å². The molecule has 42 heavy (non-hydrogen) atoms. The van der Waals surface area contributed by atoms with E-state index >= 15 is 4.79 Å². The van der Waals surface area contributed by atoms with Crippen molar-refractivity contribution in [3.05, 3.63) is 71.8 Å². The maximum absolute atomic E-state index is 15.5. The van der Waals surface area contributed by atoms with E-state index in [9.17, 15) is 0 Å². The van der Waals surface area contributed by atoms with Crippen LogP contribution in [0.25, 0.3) is 0 Å². The third-order valence-corrected chi connectivity index (χ3v) is 10.7. The minimum Gasteiger partial charge on any atom is -0.303 e. The van der Waals surface area contributed by atoms with Crippen LogP contribution in [0.2, 0.25) is 0 Å². The molecule has 0 N–H and O–H groups in total. The largest absolute Gasteiger partial charge is 0.303 e. The SMILES string of the molecule is CN1CCN(C)CC(C)(N2CC3(c4ccccc4)CN(C4(C)CN(C)CCN(C)C4)C(c4ccccc4)(C2)C3=O)C1.[Zn]. The van der Waals surface area contributed by atoms with Crippen LogP contribution < -0.4 is 0 Å². The molecule has 7 nitrogen and oxygen atoms in total. The number of likely N-dealkylation sites (tertiary alicyclic amines) is 2. The predicted molar refractivity (Wildman–Crippen MR) is 166 cm³/mol. The van der Waals surface area contributed by atoms with Gasteiger partial charge in [0.25, 0.3) is 0 Å². The molecule has 6 rings (SSSR count). The van der Waals surface area contributed by atoms with Gasteiger partial charge in [-0.25, -0.2) is 0 Å². The Morgan fingerprint density at radius 1 is 0.548 bits per heavy atom. The first-order valence-electron chi connectivity index (χ1n) is 15.4. The molecular formula is C34H50N6OZn. The molecule has 0 radical (unpaired) electrons. The van der Waals surface area contributed by atoms with Crippen LogP contribution in [0.4, 0.5) is 0 Å². The van der Waals surface area contributed by atoms with Crippen molar-refractivity contribution in [3.63, 3.8) is 0 Å². The number of nitrogens with zero attached hydrogens (tertiary/aromatic N) is 6. The van der Waals surface area contributed by atoms with Gasteiger partial charge in [0.2, 0.25) is 0 Å². The summed E-state index contributed by atoms with van der Waals surface area (Å²) in [5.41, 5.74) is 0.680. The van der Waals surface area contributed by atoms with E-state index in [4.69, 9.17) is 0 Å². The molecule has 2 atom stereocenters. The summed E-state index contributed by atoms with van der Waals surface area (Å²) >= 11 is 0. The van der Waals surface area contributed by atoms with E-state index in [0.29, 0.717) is 12.3 Å². The Labute approximate surface area is 266 Å². The molecule has 0 aliphatic carbocycles. The van der Waals surface area contributed by atoms with Crippen LogP contribution in [0, 0.1) is 0 Å². The van der Waals surface area contributed by atoms with Crippen LogP contribution in [0.5, 0.6) is 0 Å². The summed E-state index contributed by atoms with van der Waals surface area (Å²) in [7, 11) is 9.00. The Morgan fingerprint density at radius 3 is 1.45 bits per heavy atom. The Bertz CT molecular complexity index is 1220. The van der Waals surface area contributed by atoms with Gasteiger partial charge in [0.05, 0.1) is 5.41 Å². The molecule has 4 saturated heterocycles. The van der Waals surface area contributed by atoms with Gasteiger partial charge in [-0.15, -0.1) is 0 Å². The number of hydrogen-bond donors (Lipinski definition) is 0. The summed E-state index contributed by atoms with van der Waals surface area (Å²) in [6, 6.07) is 21.5. The van der Waals surface area contributed by atoms with Crippen molar-refractivity contribution < 1.29 is 24.3 Å².